The molecule has 7 heteroatoms. The van der Waals surface area contributed by atoms with Crippen molar-refractivity contribution in [1.82, 2.24) is 15.3 Å². The number of unbranched alkanes of at least 4 members (excludes halogenated alkanes) is 1. The zero-order chi connectivity index (χ0) is 24.7. The van der Waals surface area contributed by atoms with Crippen LogP contribution in [0, 0.1) is 12.3 Å². The van der Waals surface area contributed by atoms with Crippen LogP contribution in [-0.2, 0) is 4.74 Å². The summed E-state index contributed by atoms with van der Waals surface area (Å²) in [7, 11) is 0. The first kappa shape index (κ1) is 25.6. The Bertz CT molecular complexity index is 1240. The fourth-order valence-corrected chi connectivity index (χ4v) is 4.05. The first-order valence-corrected chi connectivity index (χ1v) is 12.1. The highest BCUT2D eigenvalue weighted by atomic mass is 32.1. The van der Waals surface area contributed by atoms with Crippen molar-refractivity contribution in [3.63, 3.8) is 0 Å². The van der Waals surface area contributed by atoms with Crippen LogP contribution in [0.2, 0.25) is 0 Å². The standard InChI is InChI=1S/C22H22N4O2S.C6H6/c1-2-3-5-13-28-14-6-4-12-25-21(27)20-19(23)17-9-10-18(26-22(17)29-20)16-8-7-11-24-15-16;1-2-4-6-5-3-1/h1,4,6-11,15H,3,5,12-14,23H2,(H,25,27);1-6H/b6-4-;. The lowest BCUT2D eigenvalue weighted by atomic mass is 10.1. The molecule has 1 amide bonds. The minimum atomic E-state index is -0.215. The topological polar surface area (TPSA) is 90.1 Å². The van der Waals surface area contributed by atoms with Crippen LogP contribution in [0.1, 0.15) is 22.5 Å². The molecule has 35 heavy (non-hydrogen) atoms. The number of benzene rings is 1. The van der Waals surface area contributed by atoms with Gasteiger partial charge in [-0.25, -0.2) is 4.98 Å². The minimum Gasteiger partial charge on any atom is -0.397 e. The predicted octanol–water partition coefficient (Wildman–Crippen LogP) is 5.34. The highest BCUT2D eigenvalue weighted by Crippen LogP contribution is 2.33. The number of carbonyl (C=O) groups is 1. The number of ether oxygens (including phenoxy) is 1. The second-order valence-electron chi connectivity index (χ2n) is 7.35. The van der Waals surface area contributed by atoms with Gasteiger partial charge in [-0.05, 0) is 30.7 Å². The van der Waals surface area contributed by atoms with Gasteiger partial charge in [-0.15, -0.1) is 23.7 Å². The lowest BCUT2D eigenvalue weighted by molar-refractivity contribution is 0.0962. The van der Waals surface area contributed by atoms with E-state index in [1.807, 2.05) is 72.8 Å². The Balaban J connectivity index is 0.000000497. The molecule has 0 unspecified atom stereocenters. The number of terminal acetylenes is 1. The van der Waals surface area contributed by atoms with E-state index in [2.05, 4.69) is 21.2 Å². The molecule has 0 saturated heterocycles. The van der Waals surface area contributed by atoms with Gasteiger partial charge in [0.15, 0.2) is 0 Å². The summed E-state index contributed by atoms with van der Waals surface area (Å²) in [6.45, 7) is 1.52. The van der Waals surface area contributed by atoms with Crippen molar-refractivity contribution in [3.05, 3.63) is 90.1 Å². The smallest absolute Gasteiger partial charge is 0.263 e. The molecule has 0 saturated carbocycles. The van der Waals surface area contributed by atoms with Crippen LogP contribution in [-0.4, -0.2) is 35.6 Å². The van der Waals surface area contributed by atoms with E-state index in [-0.39, 0.29) is 5.91 Å². The summed E-state index contributed by atoms with van der Waals surface area (Å²) in [5.41, 5.74) is 8.35. The molecule has 0 fully saturated rings. The molecule has 4 rings (SSSR count). The Morgan fingerprint density at radius 2 is 1.89 bits per heavy atom. The van der Waals surface area contributed by atoms with Gasteiger partial charge in [-0.2, -0.15) is 0 Å². The summed E-state index contributed by atoms with van der Waals surface area (Å²) in [5.74, 6) is 2.36. The summed E-state index contributed by atoms with van der Waals surface area (Å²) in [6, 6.07) is 19.6. The predicted molar refractivity (Wildman–Crippen MR) is 144 cm³/mol. The first-order valence-electron chi connectivity index (χ1n) is 11.2. The molecule has 178 valence electrons. The normalized spacial score (nSPS) is 10.5. The molecule has 0 spiro atoms. The lowest BCUT2D eigenvalue weighted by Crippen LogP contribution is -2.23. The molecule has 0 bridgehead atoms. The van der Waals surface area contributed by atoms with Gasteiger partial charge in [-0.1, -0.05) is 48.6 Å². The van der Waals surface area contributed by atoms with E-state index in [1.165, 1.54) is 11.3 Å². The van der Waals surface area contributed by atoms with Crippen LogP contribution >= 0.6 is 11.3 Å². The molecule has 0 aliphatic carbocycles. The van der Waals surface area contributed by atoms with E-state index in [0.717, 1.165) is 34.3 Å². The first-order chi connectivity index (χ1) is 17.2. The number of fused-ring (bicyclic) bond motifs is 1. The summed E-state index contributed by atoms with van der Waals surface area (Å²) < 4.78 is 5.41. The number of pyridine rings is 2. The molecule has 6 nitrogen and oxygen atoms in total. The summed E-state index contributed by atoms with van der Waals surface area (Å²) >= 11 is 1.29. The molecule has 0 atom stereocenters. The Morgan fingerprint density at radius 3 is 2.57 bits per heavy atom. The van der Waals surface area contributed by atoms with E-state index < -0.39 is 0 Å². The van der Waals surface area contributed by atoms with Gasteiger partial charge in [-0.3, -0.25) is 9.78 Å². The van der Waals surface area contributed by atoms with Crippen LogP contribution in [0.3, 0.4) is 0 Å². The third kappa shape index (κ3) is 8.07. The van der Waals surface area contributed by atoms with Crippen LogP contribution in [0.25, 0.3) is 21.5 Å². The van der Waals surface area contributed by atoms with Crippen molar-refractivity contribution in [3.8, 4) is 23.6 Å². The van der Waals surface area contributed by atoms with Gasteiger partial charge >= 0.3 is 0 Å². The largest absolute Gasteiger partial charge is 0.397 e. The number of nitrogen functional groups attached to an aromatic ring is 1. The number of rotatable bonds is 9. The van der Waals surface area contributed by atoms with Crippen molar-refractivity contribution in [2.24, 2.45) is 0 Å². The molecule has 0 radical (unpaired) electrons. The summed E-state index contributed by atoms with van der Waals surface area (Å²) in [4.78, 5) is 22.4. The zero-order valence-corrected chi connectivity index (χ0v) is 20.2. The third-order valence-corrected chi connectivity index (χ3v) is 5.91. The number of thiophene rings is 1. The molecule has 0 aliphatic rings. The zero-order valence-electron chi connectivity index (χ0n) is 19.4. The monoisotopic (exact) mass is 484 g/mol. The third-order valence-electron chi connectivity index (χ3n) is 4.80. The van der Waals surface area contributed by atoms with E-state index in [1.54, 1.807) is 12.4 Å². The number of hydrogen-bond acceptors (Lipinski definition) is 6. The van der Waals surface area contributed by atoms with Gasteiger partial charge in [0.2, 0.25) is 0 Å². The number of nitrogens with one attached hydrogen (secondary N) is 1. The Kier molecular flexibility index (Phi) is 10.5. The van der Waals surface area contributed by atoms with Crippen molar-refractivity contribution in [2.45, 2.75) is 12.8 Å². The fraction of sp³-hybridized carbons (Fsp3) is 0.179. The van der Waals surface area contributed by atoms with Crippen LogP contribution in [0.4, 0.5) is 5.69 Å². The highest BCUT2D eigenvalue weighted by molar-refractivity contribution is 7.21. The molecule has 4 aromatic rings. The van der Waals surface area contributed by atoms with E-state index in [0.29, 0.717) is 30.3 Å². The maximum absolute atomic E-state index is 12.5. The van der Waals surface area contributed by atoms with E-state index in [4.69, 9.17) is 16.9 Å². The SMILES string of the molecule is C#CCCCOC/C=C\CNC(=O)c1sc2nc(-c3cccnc3)ccc2c1N.c1ccccc1. The molecule has 0 aliphatic heterocycles. The number of carbonyl (C=O) groups excluding carboxylic acids is 1. The van der Waals surface area contributed by atoms with E-state index >= 15 is 0 Å². The maximum Gasteiger partial charge on any atom is 0.263 e. The fourth-order valence-electron chi connectivity index (χ4n) is 3.04. The Morgan fingerprint density at radius 1 is 1.11 bits per heavy atom. The number of hydrogen-bond donors (Lipinski definition) is 2. The number of aromatic nitrogens is 2. The second kappa shape index (κ2) is 14.3. The van der Waals surface area contributed by atoms with E-state index in [9.17, 15) is 4.79 Å². The molecular formula is C28H28N4O2S. The van der Waals surface area contributed by atoms with Gasteiger partial charge < -0.3 is 15.8 Å². The average Bonchev–Trinajstić information content (AvgIpc) is 3.25. The number of nitrogens with zero attached hydrogens (tertiary/aromatic N) is 2. The van der Waals surface area contributed by atoms with Crippen LogP contribution < -0.4 is 11.1 Å². The minimum absolute atomic E-state index is 0.215. The highest BCUT2D eigenvalue weighted by Gasteiger charge is 2.17. The van der Waals surface area contributed by atoms with Gasteiger partial charge in [0.05, 0.1) is 18.0 Å². The summed E-state index contributed by atoms with van der Waals surface area (Å²) in [6.07, 6.45) is 13.9. The van der Waals surface area contributed by atoms with Crippen LogP contribution in [0.15, 0.2) is 85.2 Å². The molecule has 3 N–H and O–H groups in total. The van der Waals surface area contributed by atoms with Gasteiger partial charge in [0, 0.05) is 42.9 Å². The molecule has 3 aromatic heterocycles. The lowest BCUT2D eigenvalue weighted by Gasteiger charge is -2.01. The Hall–Kier alpha value is -3.99. The maximum atomic E-state index is 12.5. The average molecular weight is 485 g/mol. The summed E-state index contributed by atoms with van der Waals surface area (Å²) in [5, 5.41) is 3.62. The van der Waals surface area contributed by atoms with Crippen molar-refractivity contribution in [2.75, 3.05) is 25.5 Å². The molecule has 1 aromatic carbocycles. The van der Waals surface area contributed by atoms with Gasteiger partial charge in [0.1, 0.15) is 9.71 Å². The Labute approximate surface area is 209 Å². The quantitative estimate of drug-likeness (QED) is 0.190. The number of nitrogens with two attached hydrogens (primary N) is 1. The van der Waals surface area contributed by atoms with Crippen molar-refractivity contribution >= 4 is 33.1 Å². The molecule has 3 heterocycles. The second-order valence-corrected chi connectivity index (χ2v) is 8.35. The van der Waals surface area contributed by atoms with Crippen molar-refractivity contribution < 1.29 is 9.53 Å². The van der Waals surface area contributed by atoms with Crippen LogP contribution in [0.5, 0.6) is 0 Å². The van der Waals surface area contributed by atoms with Crippen molar-refractivity contribution in [1.29, 1.82) is 0 Å². The molecular weight excluding hydrogens is 456 g/mol. The number of amides is 1. The number of anilines is 1. The van der Waals surface area contributed by atoms with Gasteiger partial charge in [0.25, 0.3) is 5.91 Å².